The molecular weight excluding hydrogens is 837 g/mol. The molecule has 8 atom stereocenters. The molecular formula is C42H56N10O10S. The van der Waals surface area contributed by atoms with Crippen molar-refractivity contribution in [3.63, 3.8) is 0 Å². The molecule has 340 valence electrons. The molecule has 0 unspecified atom stereocenters. The number of carbonyl (C=O) groups is 8. The van der Waals surface area contributed by atoms with E-state index in [-0.39, 0.29) is 30.9 Å². The van der Waals surface area contributed by atoms with Crippen LogP contribution in [0.3, 0.4) is 0 Å². The number of benzene rings is 2. The van der Waals surface area contributed by atoms with E-state index in [1.54, 1.807) is 44.4 Å². The molecule has 0 aliphatic heterocycles. The van der Waals surface area contributed by atoms with Gasteiger partial charge >= 0.3 is 5.97 Å². The molecule has 0 radical (unpaired) electrons. The monoisotopic (exact) mass is 892 g/mol. The number of carbonyl (C=O) groups excluding carboxylic acids is 7. The Morgan fingerprint density at radius 3 is 1.57 bits per heavy atom. The molecule has 63 heavy (non-hydrogen) atoms. The van der Waals surface area contributed by atoms with Crippen LogP contribution in [0.4, 0.5) is 0 Å². The summed E-state index contributed by atoms with van der Waals surface area (Å²) < 4.78 is 0. The topological polar surface area (TPSA) is 333 Å². The number of nitrogens with two attached hydrogens (primary N) is 2. The molecule has 2 aromatic heterocycles. The number of H-pyrrole nitrogens is 2. The Morgan fingerprint density at radius 2 is 1.10 bits per heavy atom. The van der Waals surface area contributed by atoms with Gasteiger partial charge in [-0.2, -0.15) is 12.6 Å². The maximum atomic E-state index is 14.0. The van der Waals surface area contributed by atoms with Crippen molar-refractivity contribution < 1.29 is 48.6 Å². The maximum absolute atomic E-state index is 14.0. The van der Waals surface area contributed by atoms with Crippen LogP contribution < -0.4 is 43.4 Å². The van der Waals surface area contributed by atoms with Crippen LogP contribution in [0.15, 0.2) is 60.9 Å². The number of aromatic nitrogens is 2. The zero-order valence-electron chi connectivity index (χ0n) is 35.3. The summed E-state index contributed by atoms with van der Waals surface area (Å²) in [4.78, 5) is 111. The van der Waals surface area contributed by atoms with Crippen molar-refractivity contribution in [2.75, 3.05) is 5.75 Å². The molecule has 7 amide bonds. The van der Waals surface area contributed by atoms with Crippen LogP contribution in [0.1, 0.15) is 51.7 Å². The Labute approximate surface area is 368 Å². The summed E-state index contributed by atoms with van der Waals surface area (Å²) in [7, 11) is 0. The van der Waals surface area contributed by atoms with Gasteiger partial charge in [-0.05, 0) is 49.4 Å². The molecule has 4 rings (SSSR count). The van der Waals surface area contributed by atoms with E-state index in [2.05, 4.69) is 54.5 Å². The molecule has 2 heterocycles. The van der Waals surface area contributed by atoms with Gasteiger partial charge in [0, 0.05) is 52.8 Å². The zero-order valence-corrected chi connectivity index (χ0v) is 36.2. The second-order valence-corrected chi connectivity index (χ2v) is 16.1. The first-order valence-electron chi connectivity index (χ1n) is 20.3. The van der Waals surface area contributed by atoms with Gasteiger partial charge in [0.2, 0.25) is 41.4 Å². The predicted octanol–water partition coefficient (Wildman–Crippen LogP) is -0.993. The standard InChI is InChI=1S/C42H56N10O10S/c1-20(2)13-30(49-40(60)32(48-38(58)27(43)16-34(54)55)15-24-18-46-29-12-8-6-10-26(24)29)41(61)52-35(22(4)53)42(62)50-31(14-23-17-45-28-11-7-5-9-25(23)28)39(59)47-21(3)37(57)51-33(19-63)36(44)56/h5-12,17-18,20-22,27,30-33,35,45-46,53,63H,13-16,19,43H2,1-4H3,(H2,44,56)(H,47,59)(H,48,58)(H,49,60)(H,50,62)(H,51,57)(H,52,61)(H,54,55)/t21-,22+,27-,30-,31-,32-,33-,35-/m0/s1. The average Bonchev–Trinajstić information content (AvgIpc) is 3.83. The number of aliphatic carboxylic acids is 1. The van der Waals surface area contributed by atoms with Crippen LogP contribution in [0.2, 0.25) is 0 Å². The Morgan fingerprint density at radius 1 is 0.635 bits per heavy atom. The van der Waals surface area contributed by atoms with Gasteiger partial charge in [0.1, 0.15) is 36.3 Å². The van der Waals surface area contributed by atoms with E-state index >= 15 is 0 Å². The first-order valence-corrected chi connectivity index (χ1v) is 20.9. The summed E-state index contributed by atoms with van der Waals surface area (Å²) in [6.07, 6.45) is 0.901. The molecule has 0 aliphatic carbocycles. The summed E-state index contributed by atoms with van der Waals surface area (Å²) in [6, 6.07) is 4.88. The van der Waals surface area contributed by atoms with Crippen molar-refractivity contribution in [2.24, 2.45) is 17.4 Å². The molecule has 0 aliphatic rings. The van der Waals surface area contributed by atoms with Crippen LogP contribution in [-0.2, 0) is 51.2 Å². The lowest BCUT2D eigenvalue weighted by Crippen LogP contribution is -2.62. The summed E-state index contributed by atoms with van der Waals surface area (Å²) in [5.41, 5.74) is 13.9. The minimum absolute atomic E-state index is 0.0351. The third-order valence-electron chi connectivity index (χ3n) is 10.2. The number of hydrogen-bond acceptors (Lipinski definition) is 11. The summed E-state index contributed by atoms with van der Waals surface area (Å²) in [5.74, 6) is -7.63. The first kappa shape index (κ1) is 49.2. The fourth-order valence-corrected chi connectivity index (χ4v) is 7.07. The highest BCUT2D eigenvalue weighted by molar-refractivity contribution is 7.80. The van der Waals surface area contributed by atoms with Gasteiger partial charge in [-0.15, -0.1) is 0 Å². The van der Waals surface area contributed by atoms with E-state index < -0.39 is 102 Å². The predicted molar refractivity (Wildman–Crippen MR) is 236 cm³/mol. The normalized spacial score (nSPS) is 15.2. The number of carboxylic acids is 1. The fraction of sp³-hybridized carbons (Fsp3) is 0.429. The number of carboxylic acid groups (broad SMARTS) is 1. The van der Waals surface area contributed by atoms with Crippen molar-refractivity contribution in [1.82, 2.24) is 41.9 Å². The van der Waals surface area contributed by atoms with E-state index in [4.69, 9.17) is 11.5 Å². The van der Waals surface area contributed by atoms with E-state index in [1.807, 2.05) is 30.3 Å². The summed E-state index contributed by atoms with van der Waals surface area (Å²) in [6.45, 7) is 6.16. The number of hydrogen-bond donors (Lipinski definition) is 13. The highest BCUT2D eigenvalue weighted by Gasteiger charge is 2.35. The lowest BCUT2D eigenvalue weighted by molar-refractivity contribution is -0.140. The van der Waals surface area contributed by atoms with E-state index in [0.29, 0.717) is 11.1 Å². The Balaban J connectivity index is 1.57. The SMILES string of the molecule is CC(C)C[C@H](NC(=O)[C@H](Cc1c[nH]c2ccccc12)NC(=O)[C@@H](N)CC(=O)O)C(=O)N[C@H](C(=O)N[C@@H](Cc1c[nH]c2ccccc12)C(=O)N[C@@H](C)C(=O)N[C@@H](CS)C(N)=O)[C@@H](C)O. The van der Waals surface area contributed by atoms with Gasteiger partial charge in [-0.3, -0.25) is 38.4 Å². The van der Waals surface area contributed by atoms with E-state index in [0.717, 1.165) is 21.8 Å². The van der Waals surface area contributed by atoms with Crippen LogP contribution in [0.25, 0.3) is 21.8 Å². The quantitative estimate of drug-likeness (QED) is 0.0401. The Hall–Kier alpha value is -6.45. The van der Waals surface area contributed by atoms with Crippen molar-refractivity contribution >= 4 is 81.8 Å². The summed E-state index contributed by atoms with van der Waals surface area (Å²) >= 11 is 4.02. The Kier molecular flexibility index (Phi) is 17.6. The van der Waals surface area contributed by atoms with Crippen molar-refractivity contribution in [2.45, 2.75) is 102 Å². The highest BCUT2D eigenvalue weighted by Crippen LogP contribution is 2.21. The molecule has 20 nitrogen and oxygen atoms in total. The first-order chi connectivity index (χ1) is 29.8. The second-order valence-electron chi connectivity index (χ2n) is 15.7. The maximum Gasteiger partial charge on any atom is 0.305 e. The number of aliphatic hydroxyl groups is 1. The molecule has 0 saturated carbocycles. The van der Waals surface area contributed by atoms with Gasteiger partial charge in [0.15, 0.2) is 0 Å². The number of fused-ring (bicyclic) bond motifs is 2. The highest BCUT2D eigenvalue weighted by atomic mass is 32.1. The van der Waals surface area contributed by atoms with Gasteiger partial charge in [0.05, 0.1) is 18.6 Å². The largest absolute Gasteiger partial charge is 0.481 e. The van der Waals surface area contributed by atoms with Crippen LogP contribution in [-0.4, -0.2) is 122 Å². The summed E-state index contributed by atoms with van der Waals surface area (Å²) in [5, 5.41) is 36.8. The Bertz CT molecular complexity index is 2290. The van der Waals surface area contributed by atoms with Gasteiger partial charge in [0.25, 0.3) is 0 Å². The third kappa shape index (κ3) is 13.8. The van der Waals surface area contributed by atoms with E-state index in [1.165, 1.54) is 13.8 Å². The minimum atomic E-state index is -1.68. The molecule has 2 aromatic carbocycles. The molecule has 0 saturated heterocycles. The number of para-hydroxylation sites is 2. The molecule has 21 heteroatoms. The number of nitrogens with one attached hydrogen (secondary N) is 8. The minimum Gasteiger partial charge on any atom is -0.481 e. The van der Waals surface area contributed by atoms with Crippen LogP contribution >= 0.6 is 12.6 Å². The number of aliphatic hydroxyl groups excluding tert-OH is 1. The van der Waals surface area contributed by atoms with Crippen molar-refractivity contribution in [1.29, 1.82) is 0 Å². The number of rotatable bonds is 23. The van der Waals surface area contributed by atoms with Gasteiger partial charge in [-0.1, -0.05) is 50.2 Å². The zero-order chi connectivity index (χ0) is 46.5. The van der Waals surface area contributed by atoms with Gasteiger partial charge < -0.3 is 63.5 Å². The second kappa shape index (κ2) is 22.6. The molecule has 14 N–H and O–H groups in total. The van der Waals surface area contributed by atoms with Crippen LogP contribution in [0, 0.1) is 5.92 Å². The lowest BCUT2D eigenvalue weighted by Gasteiger charge is -2.28. The lowest BCUT2D eigenvalue weighted by atomic mass is 9.99. The third-order valence-corrected chi connectivity index (χ3v) is 10.6. The van der Waals surface area contributed by atoms with E-state index in [9.17, 15) is 48.6 Å². The average molecular weight is 893 g/mol. The number of aromatic amines is 2. The number of thiol groups is 1. The molecule has 4 aromatic rings. The smallest absolute Gasteiger partial charge is 0.305 e. The van der Waals surface area contributed by atoms with Crippen molar-refractivity contribution in [3.8, 4) is 0 Å². The molecule has 0 fully saturated rings. The van der Waals surface area contributed by atoms with Crippen LogP contribution in [0.5, 0.6) is 0 Å². The van der Waals surface area contributed by atoms with Gasteiger partial charge in [-0.25, -0.2) is 0 Å². The fourth-order valence-electron chi connectivity index (χ4n) is 6.80. The number of amides is 7. The molecule has 0 bridgehead atoms. The number of primary amides is 1. The molecule has 0 spiro atoms. The van der Waals surface area contributed by atoms with Crippen molar-refractivity contribution in [3.05, 3.63) is 72.1 Å².